The molecule has 0 bridgehead atoms. The largest absolute Gasteiger partial charge is 0.508 e. The molecule has 2 nitrogen and oxygen atoms in total. The monoisotopic (exact) mass is 362 g/mol. The van der Waals surface area contributed by atoms with Gasteiger partial charge in [-0.05, 0) is 41.0 Å². The second-order valence-electron chi connectivity index (χ2n) is 5.65. The van der Waals surface area contributed by atoms with Crippen LogP contribution in [0.15, 0.2) is 66.7 Å². The van der Waals surface area contributed by atoms with Crippen LogP contribution in [-0.4, -0.2) is 5.11 Å². The molecular formula is C20H14F4O2. The van der Waals surface area contributed by atoms with Crippen LogP contribution in [0.25, 0.3) is 11.1 Å². The Kier molecular flexibility index (Phi) is 4.84. The molecular weight excluding hydrogens is 348 g/mol. The van der Waals surface area contributed by atoms with Crippen LogP contribution < -0.4 is 4.74 Å². The molecule has 0 radical (unpaired) electrons. The van der Waals surface area contributed by atoms with Gasteiger partial charge in [-0.15, -0.1) is 0 Å². The molecule has 0 amide bonds. The third-order valence-corrected chi connectivity index (χ3v) is 3.79. The standard InChI is InChI=1S/C20H14F4O2/c21-18-10-14(16-8-7-15(25)11-17(16)20(22,23)24)6-9-19(18)26-12-13-4-2-1-3-5-13/h1-11,25H,12H2. The lowest BCUT2D eigenvalue weighted by Gasteiger charge is -2.14. The predicted octanol–water partition coefficient (Wildman–Crippen LogP) is 5.80. The second-order valence-corrected chi connectivity index (χ2v) is 5.65. The summed E-state index contributed by atoms with van der Waals surface area (Å²) in [5, 5.41) is 9.33. The maximum Gasteiger partial charge on any atom is 0.417 e. The van der Waals surface area contributed by atoms with Crippen LogP contribution in [0, 0.1) is 5.82 Å². The zero-order valence-corrected chi connectivity index (χ0v) is 13.4. The molecule has 0 saturated heterocycles. The lowest BCUT2D eigenvalue weighted by molar-refractivity contribution is -0.137. The lowest BCUT2D eigenvalue weighted by Crippen LogP contribution is -2.07. The highest BCUT2D eigenvalue weighted by Crippen LogP contribution is 2.39. The molecule has 0 aliphatic heterocycles. The summed E-state index contributed by atoms with van der Waals surface area (Å²) in [4.78, 5) is 0. The van der Waals surface area contributed by atoms with E-state index in [2.05, 4.69) is 0 Å². The molecule has 0 spiro atoms. The predicted molar refractivity (Wildman–Crippen MR) is 89.3 cm³/mol. The molecule has 134 valence electrons. The Bertz CT molecular complexity index is 905. The number of alkyl halides is 3. The van der Waals surface area contributed by atoms with Crippen molar-refractivity contribution in [1.29, 1.82) is 0 Å². The summed E-state index contributed by atoms with van der Waals surface area (Å²) >= 11 is 0. The van der Waals surface area contributed by atoms with Crippen LogP contribution in [0.2, 0.25) is 0 Å². The maximum atomic E-state index is 14.3. The zero-order valence-electron chi connectivity index (χ0n) is 13.4. The Hall–Kier alpha value is -3.02. The first-order valence-electron chi connectivity index (χ1n) is 7.71. The molecule has 0 unspecified atom stereocenters. The normalized spacial score (nSPS) is 11.4. The quantitative estimate of drug-likeness (QED) is 0.595. The van der Waals surface area contributed by atoms with Gasteiger partial charge in [-0.2, -0.15) is 13.2 Å². The van der Waals surface area contributed by atoms with Gasteiger partial charge in [0.25, 0.3) is 0 Å². The number of halogens is 4. The minimum atomic E-state index is -4.67. The first-order chi connectivity index (χ1) is 12.3. The van der Waals surface area contributed by atoms with E-state index in [0.717, 1.165) is 23.8 Å². The molecule has 1 N–H and O–H groups in total. The molecule has 0 fully saturated rings. The SMILES string of the molecule is Oc1ccc(-c2ccc(OCc3ccccc3)c(F)c2)c(C(F)(F)F)c1. The van der Waals surface area contributed by atoms with Crippen LogP contribution in [0.5, 0.6) is 11.5 Å². The number of benzene rings is 3. The van der Waals surface area contributed by atoms with Gasteiger partial charge in [0.15, 0.2) is 11.6 Å². The second kappa shape index (κ2) is 7.07. The van der Waals surface area contributed by atoms with Crippen molar-refractivity contribution in [3.63, 3.8) is 0 Å². The fourth-order valence-electron chi connectivity index (χ4n) is 2.54. The van der Waals surface area contributed by atoms with Gasteiger partial charge in [0.05, 0.1) is 5.56 Å². The molecule has 0 aromatic heterocycles. The first kappa shape index (κ1) is 17.8. The first-order valence-corrected chi connectivity index (χ1v) is 7.71. The minimum Gasteiger partial charge on any atom is -0.508 e. The fourth-order valence-corrected chi connectivity index (χ4v) is 2.54. The molecule has 3 rings (SSSR count). The summed E-state index contributed by atoms with van der Waals surface area (Å²) < 4.78 is 59.2. The van der Waals surface area contributed by atoms with Gasteiger partial charge in [-0.1, -0.05) is 42.5 Å². The van der Waals surface area contributed by atoms with E-state index in [4.69, 9.17) is 4.74 Å². The Morgan fingerprint density at radius 3 is 2.27 bits per heavy atom. The Balaban J connectivity index is 1.88. The third-order valence-electron chi connectivity index (χ3n) is 3.79. The Morgan fingerprint density at radius 2 is 1.62 bits per heavy atom. The number of aromatic hydroxyl groups is 1. The minimum absolute atomic E-state index is 0.0434. The molecule has 26 heavy (non-hydrogen) atoms. The molecule has 0 atom stereocenters. The van der Waals surface area contributed by atoms with Crippen molar-refractivity contribution in [2.75, 3.05) is 0 Å². The summed E-state index contributed by atoms with van der Waals surface area (Å²) in [6.45, 7) is 0.143. The van der Waals surface area contributed by atoms with Crippen molar-refractivity contribution in [1.82, 2.24) is 0 Å². The highest BCUT2D eigenvalue weighted by molar-refractivity contribution is 5.70. The van der Waals surface area contributed by atoms with Gasteiger partial charge in [-0.3, -0.25) is 0 Å². The molecule has 0 heterocycles. The number of phenols is 1. The van der Waals surface area contributed by atoms with Crippen LogP contribution in [0.1, 0.15) is 11.1 Å². The van der Waals surface area contributed by atoms with E-state index in [1.165, 1.54) is 12.1 Å². The molecule has 6 heteroatoms. The maximum absolute atomic E-state index is 14.3. The average molecular weight is 362 g/mol. The fraction of sp³-hybridized carbons (Fsp3) is 0.100. The van der Waals surface area contributed by atoms with Gasteiger partial charge < -0.3 is 9.84 Å². The van der Waals surface area contributed by atoms with E-state index < -0.39 is 23.3 Å². The summed E-state index contributed by atoms with van der Waals surface area (Å²) in [6.07, 6.45) is -4.67. The highest BCUT2D eigenvalue weighted by Gasteiger charge is 2.34. The number of hydrogen-bond acceptors (Lipinski definition) is 2. The molecule has 3 aromatic rings. The van der Waals surface area contributed by atoms with E-state index >= 15 is 0 Å². The van der Waals surface area contributed by atoms with Gasteiger partial charge in [0.2, 0.25) is 0 Å². The average Bonchev–Trinajstić information content (AvgIpc) is 2.61. The van der Waals surface area contributed by atoms with E-state index in [9.17, 15) is 22.7 Å². The van der Waals surface area contributed by atoms with Gasteiger partial charge in [0, 0.05) is 0 Å². The Morgan fingerprint density at radius 1 is 0.885 bits per heavy atom. The van der Waals surface area contributed by atoms with Gasteiger partial charge in [0.1, 0.15) is 12.4 Å². The molecule has 0 saturated carbocycles. The smallest absolute Gasteiger partial charge is 0.417 e. The van der Waals surface area contributed by atoms with Crippen molar-refractivity contribution in [2.45, 2.75) is 12.8 Å². The molecule has 0 aliphatic rings. The van der Waals surface area contributed by atoms with Crippen molar-refractivity contribution < 1.29 is 27.4 Å². The number of hydrogen-bond donors (Lipinski definition) is 1. The Labute approximate surface area is 147 Å². The van der Waals surface area contributed by atoms with Crippen molar-refractivity contribution >= 4 is 0 Å². The van der Waals surface area contributed by atoms with Gasteiger partial charge >= 0.3 is 6.18 Å². The molecule has 3 aromatic carbocycles. The summed E-state index contributed by atoms with van der Waals surface area (Å²) in [5.41, 5.74) is -0.366. The summed E-state index contributed by atoms with van der Waals surface area (Å²) in [7, 11) is 0. The third kappa shape index (κ3) is 3.96. The van der Waals surface area contributed by atoms with Crippen LogP contribution in [0.3, 0.4) is 0 Å². The summed E-state index contributed by atoms with van der Waals surface area (Å²) in [5.74, 6) is -1.33. The van der Waals surface area contributed by atoms with Crippen molar-refractivity contribution in [3.8, 4) is 22.6 Å². The number of phenolic OH excluding ortho intramolecular Hbond substituents is 1. The highest BCUT2D eigenvalue weighted by atomic mass is 19.4. The zero-order chi connectivity index (χ0) is 18.7. The van der Waals surface area contributed by atoms with E-state index in [-0.39, 0.29) is 23.5 Å². The number of ether oxygens (including phenoxy) is 1. The van der Waals surface area contributed by atoms with Crippen molar-refractivity contribution in [2.24, 2.45) is 0 Å². The van der Waals surface area contributed by atoms with Crippen LogP contribution >= 0.6 is 0 Å². The lowest BCUT2D eigenvalue weighted by atomic mass is 9.98. The van der Waals surface area contributed by atoms with E-state index in [1.807, 2.05) is 30.3 Å². The van der Waals surface area contributed by atoms with E-state index in [0.29, 0.717) is 6.07 Å². The number of rotatable bonds is 4. The van der Waals surface area contributed by atoms with E-state index in [1.54, 1.807) is 0 Å². The summed E-state index contributed by atoms with van der Waals surface area (Å²) in [6, 6.07) is 15.6. The van der Waals surface area contributed by atoms with Crippen LogP contribution in [0.4, 0.5) is 17.6 Å². The van der Waals surface area contributed by atoms with Gasteiger partial charge in [-0.25, -0.2) is 4.39 Å². The topological polar surface area (TPSA) is 29.5 Å². The van der Waals surface area contributed by atoms with Crippen LogP contribution in [-0.2, 0) is 12.8 Å². The molecule has 0 aliphatic carbocycles. The van der Waals surface area contributed by atoms with Crippen molar-refractivity contribution in [3.05, 3.63) is 83.7 Å².